The van der Waals surface area contributed by atoms with Gasteiger partial charge in [-0.15, -0.1) is 0 Å². The average Bonchev–Trinajstić information content (AvgIpc) is 2.40. The second kappa shape index (κ2) is 6.30. The lowest BCUT2D eigenvalue weighted by molar-refractivity contribution is -0.134. The van der Waals surface area contributed by atoms with Crippen molar-refractivity contribution in [2.75, 3.05) is 38.2 Å². The number of hydrogen-bond donors (Lipinski definition) is 1. The Hall–Kier alpha value is -1.69. The Morgan fingerprint density at radius 3 is 2.94 bits per heavy atom. The van der Waals surface area contributed by atoms with E-state index < -0.39 is 0 Å². The summed E-state index contributed by atoms with van der Waals surface area (Å²) < 4.78 is 5.21. The summed E-state index contributed by atoms with van der Waals surface area (Å²) in [6, 6.07) is 1.86. The standard InChI is InChI=1S/C12H18N4O2/c1-10-8-11(15-9-14-10)13-3-2-12(17)16-4-6-18-7-5-16/h8-9H,2-7H2,1H3,(H,13,14,15). The molecule has 0 aromatic carbocycles. The van der Waals surface area contributed by atoms with Gasteiger partial charge in [-0.05, 0) is 6.92 Å². The quantitative estimate of drug-likeness (QED) is 0.840. The number of nitrogens with zero attached hydrogens (tertiary/aromatic N) is 3. The van der Waals surface area contributed by atoms with E-state index in [2.05, 4.69) is 15.3 Å². The normalized spacial score (nSPS) is 15.5. The number of anilines is 1. The van der Waals surface area contributed by atoms with Crippen molar-refractivity contribution in [2.45, 2.75) is 13.3 Å². The number of carbonyl (C=O) groups is 1. The molecule has 98 valence electrons. The molecule has 1 aromatic heterocycles. The predicted molar refractivity (Wildman–Crippen MR) is 67.3 cm³/mol. The number of morpholine rings is 1. The summed E-state index contributed by atoms with van der Waals surface area (Å²) in [6.07, 6.45) is 1.99. The average molecular weight is 250 g/mol. The molecule has 0 saturated carbocycles. The second-order valence-electron chi connectivity index (χ2n) is 4.21. The van der Waals surface area contributed by atoms with Crippen molar-refractivity contribution in [1.82, 2.24) is 14.9 Å². The predicted octanol–water partition coefficient (Wildman–Crippen LogP) is 0.446. The summed E-state index contributed by atoms with van der Waals surface area (Å²) in [5.74, 6) is 0.925. The maximum absolute atomic E-state index is 11.9. The minimum atomic E-state index is 0.163. The van der Waals surface area contributed by atoms with Crippen LogP contribution in [0.5, 0.6) is 0 Å². The molecule has 1 N–H and O–H groups in total. The molecule has 2 rings (SSSR count). The van der Waals surface area contributed by atoms with Crippen LogP contribution in [-0.4, -0.2) is 53.6 Å². The molecule has 1 amide bonds. The molecule has 0 radical (unpaired) electrons. The van der Waals surface area contributed by atoms with E-state index in [0.29, 0.717) is 39.3 Å². The topological polar surface area (TPSA) is 67.4 Å². The zero-order chi connectivity index (χ0) is 12.8. The number of amides is 1. The van der Waals surface area contributed by atoms with E-state index in [0.717, 1.165) is 11.5 Å². The Kier molecular flexibility index (Phi) is 4.46. The lowest BCUT2D eigenvalue weighted by Crippen LogP contribution is -2.41. The van der Waals surface area contributed by atoms with Gasteiger partial charge < -0.3 is 15.0 Å². The van der Waals surface area contributed by atoms with Gasteiger partial charge in [0.25, 0.3) is 0 Å². The Morgan fingerprint density at radius 2 is 2.22 bits per heavy atom. The highest BCUT2D eigenvalue weighted by molar-refractivity contribution is 5.76. The SMILES string of the molecule is Cc1cc(NCCC(=O)N2CCOCC2)ncn1. The van der Waals surface area contributed by atoms with Gasteiger partial charge in [-0.2, -0.15) is 0 Å². The molecule has 6 nitrogen and oxygen atoms in total. The maximum atomic E-state index is 11.9. The van der Waals surface area contributed by atoms with Crippen molar-refractivity contribution in [3.63, 3.8) is 0 Å². The highest BCUT2D eigenvalue weighted by atomic mass is 16.5. The fourth-order valence-electron chi connectivity index (χ4n) is 1.82. The van der Waals surface area contributed by atoms with E-state index in [1.165, 1.54) is 6.33 Å². The molecule has 0 aliphatic carbocycles. The number of ether oxygens (including phenoxy) is 1. The number of carbonyl (C=O) groups excluding carboxylic acids is 1. The van der Waals surface area contributed by atoms with E-state index >= 15 is 0 Å². The Morgan fingerprint density at radius 1 is 1.44 bits per heavy atom. The summed E-state index contributed by atoms with van der Waals surface area (Å²) in [4.78, 5) is 21.8. The summed E-state index contributed by atoms with van der Waals surface area (Å²) in [5, 5.41) is 3.13. The first-order valence-corrected chi connectivity index (χ1v) is 6.14. The molecule has 1 fully saturated rings. The van der Waals surface area contributed by atoms with Gasteiger partial charge >= 0.3 is 0 Å². The van der Waals surface area contributed by atoms with Crippen molar-refractivity contribution in [2.24, 2.45) is 0 Å². The third-order valence-electron chi connectivity index (χ3n) is 2.81. The van der Waals surface area contributed by atoms with Crippen molar-refractivity contribution in [3.8, 4) is 0 Å². The van der Waals surface area contributed by atoms with Gasteiger partial charge in [0.05, 0.1) is 13.2 Å². The number of rotatable bonds is 4. The fourth-order valence-corrected chi connectivity index (χ4v) is 1.82. The number of hydrogen-bond acceptors (Lipinski definition) is 5. The van der Waals surface area contributed by atoms with Crippen molar-refractivity contribution in [3.05, 3.63) is 18.1 Å². The third-order valence-corrected chi connectivity index (χ3v) is 2.81. The van der Waals surface area contributed by atoms with Gasteiger partial charge in [0.1, 0.15) is 12.1 Å². The van der Waals surface area contributed by atoms with E-state index in [1.54, 1.807) is 0 Å². The smallest absolute Gasteiger partial charge is 0.224 e. The van der Waals surface area contributed by atoms with Crippen LogP contribution in [0.3, 0.4) is 0 Å². The molecule has 1 aliphatic rings. The molecule has 0 bridgehead atoms. The first kappa shape index (κ1) is 12.8. The molecule has 0 unspecified atom stereocenters. The lowest BCUT2D eigenvalue weighted by Gasteiger charge is -2.26. The molecular formula is C12H18N4O2. The fraction of sp³-hybridized carbons (Fsp3) is 0.583. The van der Waals surface area contributed by atoms with Crippen molar-refractivity contribution in [1.29, 1.82) is 0 Å². The van der Waals surface area contributed by atoms with E-state index in [-0.39, 0.29) is 5.91 Å². The van der Waals surface area contributed by atoms with Gasteiger partial charge in [-0.3, -0.25) is 4.79 Å². The van der Waals surface area contributed by atoms with Gasteiger partial charge in [-0.1, -0.05) is 0 Å². The zero-order valence-corrected chi connectivity index (χ0v) is 10.6. The van der Waals surface area contributed by atoms with Crippen LogP contribution in [0.1, 0.15) is 12.1 Å². The number of nitrogens with one attached hydrogen (secondary N) is 1. The Labute approximate surface area is 106 Å². The van der Waals surface area contributed by atoms with Crippen LogP contribution in [0, 0.1) is 6.92 Å². The third kappa shape index (κ3) is 3.66. The van der Waals surface area contributed by atoms with Gasteiger partial charge in [0.15, 0.2) is 0 Å². The highest BCUT2D eigenvalue weighted by Crippen LogP contribution is 2.04. The largest absolute Gasteiger partial charge is 0.378 e. The molecule has 6 heteroatoms. The van der Waals surface area contributed by atoms with E-state index in [9.17, 15) is 4.79 Å². The molecule has 1 saturated heterocycles. The minimum Gasteiger partial charge on any atom is -0.378 e. The van der Waals surface area contributed by atoms with Crippen LogP contribution in [0.4, 0.5) is 5.82 Å². The first-order valence-electron chi connectivity index (χ1n) is 6.14. The van der Waals surface area contributed by atoms with Crippen LogP contribution in [0.2, 0.25) is 0 Å². The van der Waals surface area contributed by atoms with E-state index in [4.69, 9.17) is 4.74 Å². The van der Waals surface area contributed by atoms with Gasteiger partial charge in [0, 0.05) is 37.8 Å². The van der Waals surface area contributed by atoms with Crippen LogP contribution in [-0.2, 0) is 9.53 Å². The van der Waals surface area contributed by atoms with Crippen LogP contribution in [0.25, 0.3) is 0 Å². The Bertz CT molecular complexity index is 405. The molecular weight excluding hydrogens is 232 g/mol. The zero-order valence-electron chi connectivity index (χ0n) is 10.6. The second-order valence-corrected chi connectivity index (χ2v) is 4.21. The molecule has 0 spiro atoms. The van der Waals surface area contributed by atoms with Crippen LogP contribution in [0.15, 0.2) is 12.4 Å². The molecule has 1 aliphatic heterocycles. The summed E-state index contributed by atoms with van der Waals surface area (Å²) in [6.45, 7) is 5.18. The first-order chi connectivity index (χ1) is 8.75. The summed E-state index contributed by atoms with van der Waals surface area (Å²) in [7, 11) is 0. The van der Waals surface area contributed by atoms with Crippen LogP contribution >= 0.6 is 0 Å². The summed E-state index contributed by atoms with van der Waals surface area (Å²) in [5.41, 5.74) is 0.909. The number of aryl methyl sites for hydroxylation is 1. The van der Waals surface area contributed by atoms with Crippen molar-refractivity contribution < 1.29 is 9.53 Å². The molecule has 1 aromatic rings. The monoisotopic (exact) mass is 250 g/mol. The maximum Gasteiger partial charge on any atom is 0.224 e. The van der Waals surface area contributed by atoms with Crippen molar-refractivity contribution >= 4 is 11.7 Å². The van der Waals surface area contributed by atoms with Gasteiger partial charge in [0.2, 0.25) is 5.91 Å². The van der Waals surface area contributed by atoms with Crippen LogP contribution < -0.4 is 5.32 Å². The molecule has 18 heavy (non-hydrogen) atoms. The highest BCUT2D eigenvalue weighted by Gasteiger charge is 2.15. The van der Waals surface area contributed by atoms with E-state index in [1.807, 2.05) is 17.9 Å². The lowest BCUT2D eigenvalue weighted by atomic mass is 10.3. The molecule has 2 heterocycles. The molecule has 0 atom stereocenters. The number of aromatic nitrogens is 2. The summed E-state index contributed by atoms with van der Waals surface area (Å²) >= 11 is 0. The Balaban J connectivity index is 1.73. The minimum absolute atomic E-state index is 0.163. The van der Waals surface area contributed by atoms with Gasteiger partial charge in [-0.25, -0.2) is 9.97 Å².